The molecular weight excluding hydrogens is 378 g/mol. The molecule has 0 aromatic rings. The third-order valence-corrected chi connectivity index (χ3v) is 7.49. The SMILES string of the molecule is C=CC(=O)NC1CCN(S(=O)(=O)N2CCC(CN3C=CC=CN=C3)CC2)CC1. The van der Waals surface area contributed by atoms with Crippen molar-refractivity contribution in [3.8, 4) is 0 Å². The molecule has 2 fully saturated rings. The molecule has 9 heteroatoms. The summed E-state index contributed by atoms with van der Waals surface area (Å²) in [5.74, 6) is 0.240. The highest BCUT2D eigenvalue weighted by atomic mass is 32.2. The Balaban J connectivity index is 1.47. The lowest BCUT2D eigenvalue weighted by Crippen LogP contribution is -2.52. The Labute approximate surface area is 167 Å². The average molecular weight is 408 g/mol. The molecule has 0 aromatic carbocycles. The second-order valence-electron chi connectivity index (χ2n) is 7.38. The molecule has 3 rings (SSSR count). The van der Waals surface area contributed by atoms with Crippen LogP contribution >= 0.6 is 0 Å². The molecule has 0 unspecified atom stereocenters. The van der Waals surface area contributed by atoms with Gasteiger partial charge in [-0.2, -0.15) is 17.0 Å². The van der Waals surface area contributed by atoms with E-state index in [1.807, 2.05) is 18.4 Å². The van der Waals surface area contributed by atoms with Crippen LogP contribution in [0.2, 0.25) is 0 Å². The number of allylic oxidation sites excluding steroid dienone is 2. The number of piperidine rings is 2. The molecule has 2 saturated heterocycles. The van der Waals surface area contributed by atoms with E-state index in [2.05, 4.69) is 21.8 Å². The molecule has 0 spiro atoms. The molecule has 28 heavy (non-hydrogen) atoms. The number of carbonyl (C=O) groups excluding carboxylic acids is 1. The van der Waals surface area contributed by atoms with Crippen molar-refractivity contribution in [3.63, 3.8) is 0 Å². The summed E-state index contributed by atoms with van der Waals surface area (Å²) in [6.07, 6.45) is 13.6. The topological polar surface area (TPSA) is 85.3 Å². The summed E-state index contributed by atoms with van der Waals surface area (Å²) < 4.78 is 29.1. The van der Waals surface area contributed by atoms with Gasteiger partial charge in [-0.15, -0.1) is 0 Å². The standard InChI is InChI=1S/C19H29N5O3S/c1-2-19(25)21-18-7-13-24(14-8-18)28(26,27)23-11-5-17(6-12-23)15-22-10-4-3-9-20-16-22/h2-4,9-10,16-18H,1,5-8,11-15H2,(H,21,25). The maximum absolute atomic E-state index is 13.0. The molecule has 0 saturated carbocycles. The Morgan fingerprint density at radius 2 is 1.75 bits per heavy atom. The maximum atomic E-state index is 13.0. The van der Waals surface area contributed by atoms with Crippen molar-refractivity contribution in [1.29, 1.82) is 0 Å². The van der Waals surface area contributed by atoms with Crippen molar-refractivity contribution in [3.05, 3.63) is 37.2 Å². The monoisotopic (exact) mass is 407 g/mol. The van der Waals surface area contributed by atoms with Crippen molar-refractivity contribution in [2.75, 3.05) is 32.7 Å². The normalized spacial score (nSPS) is 22.9. The molecule has 0 radical (unpaired) electrons. The van der Waals surface area contributed by atoms with Crippen LogP contribution in [-0.2, 0) is 15.0 Å². The van der Waals surface area contributed by atoms with Gasteiger partial charge in [0.25, 0.3) is 10.2 Å². The van der Waals surface area contributed by atoms with Gasteiger partial charge in [-0.1, -0.05) is 6.58 Å². The van der Waals surface area contributed by atoms with Crippen LogP contribution in [0.4, 0.5) is 0 Å². The summed E-state index contributed by atoms with van der Waals surface area (Å²) in [6.45, 7) is 6.27. The van der Waals surface area contributed by atoms with Crippen LogP contribution in [0.15, 0.2) is 42.2 Å². The molecule has 3 aliphatic heterocycles. The van der Waals surface area contributed by atoms with Gasteiger partial charge in [-0.05, 0) is 49.8 Å². The Hall–Kier alpha value is -1.97. The number of aliphatic imine (C=N–C) groups is 1. The number of hydrogen-bond donors (Lipinski definition) is 1. The van der Waals surface area contributed by atoms with Gasteiger partial charge in [0.15, 0.2) is 0 Å². The molecule has 0 aromatic heterocycles. The molecule has 1 N–H and O–H groups in total. The fourth-order valence-corrected chi connectivity index (χ4v) is 5.48. The Bertz CT molecular complexity index is 730. The van der Waals surface area contributed by atoms with Gasteiger partial charge in [0.2, 0.25) is 5.91 Å². The predicted octanol–water partition coefficient (Wildman–Crippen LogP) is 1.08. The average Bonchev–Trinajstić information content (AvgIpc) is 2.97. The van der Waals surface area contributed by atoms with Gasteiger partial charge in [0, 0.05) is 51.2 Å². The molecule has 1 amide bonds. The van der Waals surface area contributed by atoms with Crippen LogP contribution in [0.5, 0.6) is 0 Å². The molecule has 3 heterocycles. The zero-order chi connectivity index (χ0) is 20.0. The van der Waals surface area contributed by atoms with Crippen molar-refractivity contribution >= 4 is 22.5 Å². The number of hydrogen-bond acceptors (Lipinski definition) is 5. The number of carbonyl (C=O) groups is 1. The number of rotatable bonds is 6. The van der Waals surface area contributed by atoms with Crippen molar-refractivity contribution in [2.24, 2.45) is 10.9 Å². The lowest BCUT2D eigenvalue weighted by molar-refractivity contribution is -0.117. The second kappa shape index (κ2) is 9.49. The van der Waals surface area contributed by atoms with Gasteiger partial charge in [0.1, 0.15) is 0 Å². The first-order chi connectivity index (χ1) is 13.5. The zero-order valence-corrected chi connectivity index (χ0v) is 16.9. The minimum absolute atomic E-state index is 0.0144. The van der Waals surface area contributed by atoms with E-state index in [0.29, 0.717) is 44.9 Å². The highest BCUT2D eigenvalue weighted by molar-refractivity contribution is 7.86. The predicted molar refractivity (Wildman–Crippen MR) is 110 cm³/mol. The summed E-state index contributed by atoms with van der Waals surface area (Å²) >= 11 is 0. The number of nitrogens with zero attached hydrogens (tertiary/aromatic N) is 4. The number of nitrogens with one attached hydrogen (secondary N) is 1. The first-order valence-electron chi connectivity index (χ1n) is 9.79. The first kappa shape index (κ1) is 20.8. The van der Waals surface area contributed by atoms with E-state index in [-0.39, 0.29) is 11.9 Å². The smallest absolute Gasteiger partial charge is 0.281 e. The van der Waals surface area contributed by atoms with Gasteiger partial charge >= 0.3 is 0 Å². The highest BCUT2D eigenvalue weighted by Gasteiger charge is 2.35. The molecule has 154 valence electrons. The quantitative estimate of drug-likeness (QED) is 0.668. The molecular formula is C19H29N5O3S. The minimum atomic E-state index is -3.44. The Morgan fingerprint density at radius 3 is 2.39 bits per heavy atom. The van der Waals surface area contributed by atoms with E-state index in [0.717, 1.165) is 19.4 Å². The van der Waals surface area contributed by atoms with Crippen molar-refractivity contribution in [2.45, 2.75) is 31.7 Å². The minimum Gasteiger partial charge on any atom is -0.350 e. The molecule has 0 bridgehead atoms. The van der Waals surface area contributed by atoms with Crippen LogP contribution in [0.3, 0.4) is 0 Å². The van der Waals surface area contributed by atoms with E-state index in [4.69, 9.17) is 0 Å². The lowest BCUT2D eigenvalue weighted by Gasteiger charge is -2.38. The largest absolute Gasteiger partial charge is 0.350 e. The van der Waals surface area contributed by atoms with Crippen LogP contribution in [0, 0.1) is 5.92 Å². The lowest BCUT2D eigenvalue weighted by atomic mass is 9.98. The van der Waals surface area contributed by atoms with Crippen LogP contribution in [0.25, 0.3) is 0 Å². The van der Waals surface area contributed by atoms with E-state index in [1.54, 1.807) is 21.1 Å². The first-order valence-corrected chi connectivity index (χ1v) is 11.2. The third-order valence-electron chi connectivity index (χ3n) is 5.46. The highest BCUT2D eigenvalue weighted by Crippen LogP contribution is 2.24. The Kier molecular flexibility index (Phi) is 7.03. The third kappa shape index (κ3) is 5.30. The van der Waals surface area contributed by atoms with Gasteiger partial charge < -0.3 is 10.2 Å². The molecule has 0 atom stereocenters. The van der Waals surface area contributed by atoms with E-state index in [1.165, 1.54) is 6.08 Å². The zero-order valence-electron chi connectivity index (χ0n) is 16.1. The molecule has 0 aliphatic carbocycles. The van der Waals surface area contributed by atoms with Crippen LogP contribution in [-0.4, -0.2) is 72.9 Å². The summed E-state index contributed by atoms with van der Waals surface area (Å²) in [7, 11) is -3.44. The fraction of sp³-hybridized carbons (Fsp3) is 0.579. The maximum Gasteiger partial charge on any atom is 0.281 e. The van der Waals surface area contributed by atoms with Gasteiger partial charge in [-0.25, -0.2) is 4.99 Å². The van der Waals surface area contributed by atoms with Gasteiger partial charge in [-0.3, -0.25) is 4.79 Å². The summed E-state index contributed by atoms with van der Waals surface area (Å²) in [5.41, 5.74) is 0. The second-order valence-corrected chi connectivity index (χ2v) is 9.31. The summed E-state index contributed by atoms with van der Waals surface area (Å²) in [6, 6.07) is 0.0144. The van der Waals surface area contributed by atoms with E-state index in [9.17, 15) is 13.2 Å². The van der Waals surface area contributed by atoms with Crippen molar-refractivity contribution < 1.29 is 13.2 Å². The number of amides is 1. The summed E-state index contributed by atoms with van der Waals surface area (Å²) in [5, 5.41) is 2.85. The van der Waals surface area contributed by atoms with E-state index < -0.39 is 10.2 Å². The van der Waals surface area contributed by atoms with Gasteiger partial charge in [0.05, 0.1) is 6.34 Å². The molecule has 8 nitrogen and oxygen atoms in total. The fourth-order valence-electron chi connectivity index (χ4n) is 3.81. The Morgan fingerprint density at radius 1 is 1.11 bits per heavy atom. The van der Waals surface area contributed by atoms with Crippen molar-refractivity contribution in [1.82, 2.24) is 18.8 Å². The van der Waals surface area contributed by atoms with Crippen LogP contribution in [0.1, 0.15) is 25.7 Å². The van der Waals surface area contributed by atoms with E-state index >= 15 is 0 Å². The molecule has 3 aliphatic rings. The summed E-state index contributed by atoms with van der Waals surface area (Å²) in [4.78, 5) is 17.6. The van der Waals surface area contributed by atoms with Crippen LogP contribution < -0.4 is 5.32 Å².